The van der Waals surface area contributed by atoms with Crippen molar-refractivity contribution < 1.29 is 20.1 Å². The number of benzene rings is 1. The lowest BCUT2D eigenvalue weighted by Gasteiger charge is -2.10. The van der Waals surface area contributed by atoms with Crippen LogP contribution in [0.15, 0.2) is 6.07 Å². The summed E-state index contributed by atoms with van der Waals surface area (Å²) in [5.74, 6) is -1.17. The van der Waals surface area contributed by atoms with Crippen molar-refractivity contribution in [1.29, 1.82) is 0 Å². The molecule has 1 rings (SSSR count). The predicted molar refractivity (Wildman–Crippen MR) is 78.5 cm³/mol. The Morgan fingerprint density at radius 3 is 2.25 bits per heavy atom. The summed E-state index contributed by atoms with van der Waals surface area (Å²) in [7, 11) is 0. The van der Waals surface area contributed by atoms with Crippen molar-refractivity contribution in [2.75, 3.05) is 0 Å². The second kappa shape index (κ2) is 7.78. The maximum absolute atomic E-state index is 12.0. The van der Waals surface area contributed by atoms with Gasteiger partial charge in [-0.05, 0) is 13.3 Å². The van der Waals surface area contributed by atoms with Crippen molar-refractivity contribution in [2.24, 2.45) is 0 Å². The van der Waals surface area contributed by atoms with Crippen LogP contribution in [0.25, 0.3) is 0 Å². The molecule has 0 radical (unpaired) electrons. The fourth-order valence-corrected chi connectivity index (χ4v) is 2.21. The summed E-state index contributed by atoms with van der Waals surface area (Å²) < 4.78 is 0. The van der Waals surface area contributed by atoms with E-state index in [0.29, 0.717) is 6.42 Å². The normalized spacial score (nSPS) is 10.7. The van der Waals surface area contributed by atoms with Crippen molar-refractivity contribution in [3.05, 3.63) is 17.2 Å². The second-order valence-corrected chi connectivity index (χ2v) is 5.20. The molecule has 0 spiro atoms. The Kier molecular flexibility index (Phi) is 6.36. The van der Waals surface area contributed by atoms with Gasteiger partial charge in [-0.3, -0.25) is 4.79 Å². The molecule has 0 aliphatic heterocycles. The molecule has 0 aliphatic rings. The van der Waals surface area contributed by atoms with Crippen LogP contribution in [-0.4, -0.2) is 21.1 Å². The minimum atomic E-state index is -0.360. The average Bonchev–Trinajstić information content (AvgIpc) is 2.40. The molecule has 4 heteroatoms. The minimum Gasteiger partial charge on any atom is -0.507 e. The summed E-state index contributed by atoms with van der Waals surface area (Å²) in [6.07, 6.45) is 6.72. The van der Waals surface area contributed by atoms with Gasteiger partial charge < -0.3 is 15.3 Å². The molecular weight excluding hydrogens is 256 g/mol. The Bertz CT molecular complexity index is 466. The van der Waals surface area contributed by atoms with Gasteiger partial charge in [-0.1, -0.05) is 39.0 Å². The molecule has 112 valence electrons. The molecule has 1 aromatic carbocycles. The van der Waals surface area contributed by atoms with E-state index in [1.807, 2.05) is 0 Å². The lowest BCUT2D eigenvalue weighted by Crippen LogP contribution is -2.01. The van der Waals surface area contributed by atoms with Gasteiger partial charge in [0.2, 0.25) is 0 Å². The first-order valence-corrected chi connectivity index (χ1v) is 7.26. The number of carbonyl (C=O) groups excluding carboxylic acids is 1. The van der Waals surface area contributed by atoms with Gasteiger partial charge in [0.05, 0.1) is 0 Å². The summed E-state index contributed by atoms with van der Waals surface area (Å²) in [5, 5.41) is 29.0. The fourth-order valence-electron chi connectivity index (χ4n) is 2.21. The molecule has 0 saturated heterocycles. The van der Waals surface area contributed by atoms with Crippen molar-refractivity contribution in [1.82, 2.24) is 0 Å². The number of unbranched alkanes of at least 4 members (excludes halogenated alkanes) is 5. The first-order valence-electron chi connectivity index (χ1n) is 7.26. The Morgan fingerprint density at radius 2 is 1.60 bits per heavy atom. The van der Waals surface area contributed by atoms with E-state index in [1.165, 1.54) is 26.2 Å². The standard InChI is InChI=1S/C16H24O4/c1-3-4-5-6-7-8-9-12(17)15-14(19)10-13(18)11(2)16(15)20/h10,18-20H,3-9H2,1-2H3. The highest BCUT2D eigenvalue weighted by Crippen LogP contribution is 2.37. The number of carbonyl (C=O) groups is 1. The topological polar surface area (TPSA) is 77.8 Å². The SMILES string of the molecule is CCCCCCCCC(=O)c1c(O)cc(O)c(C)c1O. The highest BCUT2D eigenvalue weighted by atomic mass is 16.3. The number of hydrogen-bond acceptors (Lipinski definition) is 4. The van der Waals surface area contributed by atoms with Gasteiger partial charge in [0.25, 0.3) is 0 Å². The van der Waals surface area contributed by atoms with E-state index < -0.39 is 0 Å². The molecule has 0 atom stereocenters. The first-order chi connectivity index (χ1) is 9.49. The number of ketones is 1. The third kappa shape index (κ3) is 4.15. The Morgan fingerprint density at radius 1 is 1.00 bits per heavy atom. The fraction of sp³-hybridized carbons (Fsp3) is 0.562. The summed E-state index contributed by atoms with van der Waals surface area (Å²) >= 11 is 0. The third-order valence-electron chi connectivity index (χ3n) is 3.54. The summed E-state index contributed by atoms with van der Waals surface area (Å²) in [6, 6.07) is 1.10. The summed E-state index contributed by atoms with van der Waals surface area (Å²) in [5.41, 5.74) is 0.142. The minimum absolute atomic E-state index is 0.0751. The number of hydrogen-bond donors (Lipinski definition) is 3. The van der Waals surface area contributed by atoms with Gasteiger partial charge >= 0.3 is 0 Å². The van der Waals surface area contributed by atoms with Crippen LogP contribution in [0.4, 0.5) is 0 Å². The lowest BCUT2D eigenvalue weighted by atomic mass is 9.99. The van der Waals surface area contributed by atoms with E-state index in [4.69, 9.17) is 0 Å². The quantitative estimate of drug-likeness (QED) is 0.496. The van der Waals surface area contributed by atoms with Gasteiger partial charge in [0, 0.05) is 18.1 Å². The van der Waals surface area contributed by atoms with Crippen molar-refractivity contribution >= 4 is 5.78 Å². The summed E-state index contributed by atoms with van der Waals surface area (Å²) in [6.45, 7) is 3.66. The average molecular weight is 280 g/mol. The Balaban J connectivity index is 2.58. The molecule has 0 aliphatic carbocycles. The van der Waals surface area contributed by atoms with Crippen LogP contribution in [0.3, 0.4) is 0 Å². The zero-order valence-electron chi connectivity index (χ0n) is 12.3. The van der Waals surface area contributed by atoms with Crippen LogP contribution < -0.4 is 0 Å². The van der Waals surface area contributed by atoms with Crippen LogP contribution in [0.5, 0.6) is 17.2 Å². The van der Waals surface area contributed by atoms with Gasteiger partial charge in [0.1, 0.15) is 22.8 Å². The van der Waals surface area contributed by atoms with Crippen LogP contribution in [-0.2, 0) is 0 Å². The number of phenolic OH excluding ortho intramolecular Hbond substituents is 3. The van der Waals surface area contributed by atoms with Crippen LogP contribution in [0.1, 0.15) is 67.8 Å². The molecule has 4 nitrogen and oxygen atoms in total. The number of phenols is 3. The molecule has 3 N–H and O–H groups in total. The van der Waals surface area contributed by atoms with Crippen LogP contribution in [0.2, 0.25) is 0 Å². The predicted octanol–water partition coefficient (Wildman–Crippen LogP) is 4.05. The smallest absolute Gasteiger partial charge is 0.170 e. The van der Waals surface area contributed by atoms with Crippen molar-refractivity contribution in [3.63, 3.8) is 0 Å². The molecule has 0 amide bonds. The van der Waals surface area contributed by atoms with Crippen molar-refractivity contribution in [2.45, 2.75) is 58.8 Å². The van der Waals surface area contributed by atoms with E-state index in [-0.39, 0.29) is 34.2 Å². The summed E-state index contributed by atoms with van der Waals surface area (Å²) in [4.78, 5) is 12.0. The maximum Gasteiger partial charge on any atom is 0.170 e. The number of aromatic hydroxyl groups is 3. The van der Waals surface area contributed by atoms with Gasteiger partial charge in [-0.2, -0.15) is 0 Å². The van der Waals surface area contributed by atoms with Crippen LogP contribution >= 0.6 is 0 Å². The van der Waals surface area contributed by atoms with Gasteiger partial charge in [-0.25, -0.2) is 0 Å². The van der Waals surface area contributed by atoms with Crippen LogP contribution in [0, 0.1) is 6.92 Å². The molecule has 0 aromatic heterocycles. The second-order valence-electron chi connectivity index (χ2n) is 5.20. The maximum atomic E-state index is 12.0. The van der Waals surface area contributed by atoms with E-state index in [9.17, 15) is 20.1 Å². The Hall–Kier alpha value is -1.71. The van der Waals surface area contributed by atoms with Gasteiger partial charge in [-0.15, -0.1) is 0 Å². The highest BCUT2D eigenvalue weighted by molar-refractivity contribution is 6.01. The molecular formula is C16H24O4. The number of rotatable bonds is 8. The van der Waals surface area contributed by atoms with E-state index in [2.05, 4.69) is 6.92 Å². The molecule has 0 bridgehead atoms. The monoisotopic (exact) mass is 280 g/mol. The highest BCUT2D eigenvalue weighted by Gasteiger charge is 2.20. The molecule has 0 fully saturated rings. The molecule has 0 unspecified atom stereocenters. The van der Waals surface area contributed by atoms with Gasteiger partial charge in [0.15, 0.2) is 5.78 Å². The molecule has 20 heavy (non-hydrogen) atoms. The third-order valence-corrected chi connectivity index (χ3v) is 3.54. The zero-order chi connectivity index (χ0) is 15.1. The van der Waals surface area contributed by atoms with Crippen molar-refractivity contribution in [3.8, 4) is 17.2 Å². The van der Waals surface area contributed by atoms with E-state index in [1.54, 1.807) is 0 Å². The largest absolute Gasteiger partial charge is 0.507 e. The molecule has 0 heterocycles. The number of Topliss-reactive ketones (excluding diaryl/α,β-unsaturated/α-hetero) is 1. The zero-order valence-corrected chi connectivity index (χ0v) is 12.3. The molecule has 0 saturated carbocycles. The lowest BCUT2D eigenvalue weighted by molar-refractivity contribution is 0.0973. The molecule has 1 aromatic rings. The first kappa shape index (κ1) is 16.3. The van der Waals surface area contributed by atoms with E-state index >= 15 is 0 Å². The Labute approximate surface area is 120 Å². The van der Waals surface area contributed by atoms with E-state index in [0.717, 1.165) is 25.3 Å².